The van der Waals surface area contributed by atoms with Crippen LogP contribution in [-0.4, -0.2) is 45.8 Å². The lowest BCUT2D eigenvalue weighted by Crippen LogP contribution is -2.45. The van der Waals surface area contributed by atoms with Crippen molar-refractivity contribution in [2.75, 3.05) is 20.1 Å². The van der Waals surface area contributed by atoms with Crippen LogP contribution in [-0.2, 0) is 19.5 Å². The normalized spacial score (nSPS) is 15.6. The highest BCUT2D eigenvalue weighted by molar-refractivity contribution is 14.0. The molecule has 7 heteroatoms. The van der Waals surface area contributed by atoms with E-state index in [-0.39, 0.29) is 24.0 Å². The van der Waals surface area contributed by atoms with Gasteiger partial charge in [0, 0.05) is 26.7 Å². The molecular weight excluding hydrogens is 439 g/mol. The molecule has 1 N–H and O–H groups in total. The van der Waals surface area contributed by atoms with E-state index in [0.29, 0.717) is 6.54 Å². The maximum Gasteiger partial charge on any atom is 0.194 e. The first-order valence-corrected chi connectivity index (χ1v) is 9.16. The number of aliphatic imine (C=N–C) groups is 1. The lowest BCUT2D eigenvalue weighted by molar-refractivity contribution is 0.258. The van der Waals surface area contributed by atoms with Gasteiger partial charge in [0.1, 0.15) is 6.33 Å². The van der Waals surface area contributed by atoms with Crippen molar-refractivity contribution in [2.24, 2.45) is 10.9 Å². The van der Waals surface area contributed by atoms with Crippen LogP contribution in [0.25, 0.3) is 0 Å². The van der Waals surface area contributed by atoms with Gasteiger partial charge in [0.2, 0.25) is 0 Å². The third-order valence-electron chi connectivity index (χ3n) is 4.93. The second-order valence-electron chi connectivity index (χ2n) is 6.55. The van der Waals surface area contributed by atoms with Crippen molar-refractivity contribution in [1.82, 2.24) is 25.0 Å². The summed E-state index contributed by atoms with van der Waals surface area (Å²) in [5, 5.41) is 11.6. The van der Waals surface area contributed by atoms with E-state index in [1.807, 2.05) is 11.6 Å². The Morgan fingerprint density at radius 3 is 2.62 bits per heavy atom. The maximum absolute atomic E-state index is 4.45. The average Bonchev–Trinajstić information content (AvgIpc) is 3.12. The summed E-state index contributed by atoms with van der Waals surface area (Å²) in [6, 6.07) is 10.8. The Kier molecular flexibility index (Phi) is 8.34. The number of aryl methyl sites for hydroxylation is 1. The molecule has 6 nitrogen and oxygen atoms in total. The molecule has 26 heavy (non-hydrogen) atoms. The fraction of sp³-hybridized carbons (Fsp3) is 0.526. The molecule has 0 amide bonds. The minimum atomic E-state index is 0. The number of benzene rings is 1. The SMILES string of the molecule is CCn1cnnc1CNC(=NC)N1CCC(Cc2ccccc2)CC1.I. The topological polar surface area (TPSA) is 58.3 Å². The summed E-state index contributed by atoms with van der Waals surface area (Å²) in [6.07, 6.45) is 5.37. The molecule has 0 bridgehead atoms. The predicted octanol–water partition coefficient (Wildman–Crippen LogP) is 2.95. The van der Waals surface area contributed by atoms with E-state index < -0.39 is 0 Å². The van der Waals surface area contributed by atoms with Crippen molar-refractivity contribution >= 4 is 29.9 Å². The molecule has 1 fully saturated rings. The molecule has 1 saturated heterocycles. The second-order valence-corrected chi connectivity index (χ2v) is 6.55. The number of guanidine groups is 1. The van der Waals surface area contributed by atoms with Gasteiger partial charge in [-0.25, -0.2) is 0 Å². The zero-order valence-corrected chi connectivity index (χ0v) is 18.0. The van der Waals surface area contributed by atoms with E-state index in [1.54, 1.807) is 6.33 Å². The summed E-state index contributed by atoms with van der Waals surface area (Å²) in [5.41, 5.74) is 1.45. The smallest absolute Gasteiger partial charge is 0.194 e. The number of piperidine rings is 1. The molecule has 0 spiro atoms. The minimum absolute atomic E-state index is 0. The molecule has 2 aromatic rings. The Balaban J connectivity index is 0.00000243. The predicted molar refractivity (Wildman–Crippen MR) is 116 cm³/mol. The second kappa shape index (κ2) is 10.5. The molecule has 0 atom stereocenters. The van der Waals surface area contributed by atoms with E-state index in [1.165, 1.54) is 24.8 Å². The highest BCUT2D eigenvalue weighted by Gasteiger charge is 2.21. The Hall–Kier alpha value is -1.64. The van der Waals surface area contributed by atoms with Crippen molar-refractivity contribution < 1.29 is 0 Å². The standard InChI is InChI=1S/C19H28N6.HI/c1-3-24-15-22-23-18(24)14-21-19(20-2)25-11-9-17(10-12-25)13-16-7-5-4-6-8-16;/h4-8,15,17H,3,9-14H2,1-2H3,(H,20,21);1H. The van der Waals surface area contributed by atoms with Gasteiger partial charge in [0.25, 0.3) is 0 Å². The highest BCUT2D eigenvalue weighted by Crippen LogP contribution is 2.21. The molecule has 1 aliphatic heterocycles. The minimum Gasteiger partial charge on any atom is -0.349 e. The summed E-state index contributed by atoms with van der Waals surface area (Å²) in [4.78, 5) is 6.81. The molecule has 0 saturated carbocycles. The number of rotatable bonds is 5. The van der Waals surface area contributed by atoms with Gasteiger partial charge in [0.05, 0.1) is 6.54 Å². The van der Waals surface area contributed by atoms with Crippen molar-refractivity contribution in [2.45, 2.75) is 39.3 Å². The molecule has 0 radical (unpaired) electrons. The van der Waals surface area contributed by atoms with Gasteiger partial charge in [0.15, 0.2) is 11.8 Å². The molecule has 0 aliphatic carbocycles. The lowest BCUT2D eigenvalue weighted by Gasteiger charge is -2.34. The molecule has 2 heterocycles. The van der Waals surface area contributed by atoms with Crippen LogP contribution in [0, 0.1) is 5.92 Å². The van der Waals surface area contributed by atoms with Crippen LogP contribution >= 0.6 is 24.0 Å². The molecule has 1 aromatic heterocycles. The van der Waals surface area contributed by atoms with Gasteiger partial charge in [-0.3, -0.25) is 4.99 Å². The zero-order chi connectivity index (χ0) is 17.5. The van der Waals surface area contributed by atoms with Gasteiger partial charge >= 0.3 is 0 Å². The maximum atomic E-state index is 4.45. The Morgan fingerprint density at radius 2 is 1.96 bits per heavy atom. The third-order valence-corrected chi connectivity index (χ3v) is 4.93. The van der Waals surface area contributed by atoms with Crippen LogP contribution in [0.1, 0.15) is 31.2 Å². The summed E-state index contributed by atoms with van der Waals surface area (Å²) in [7, 11) is 1.85. The Morgan fingerprint density at radius 1 is 1.23 bits per heavy atom. The van der Waals surface area contributed by atoms with Crippen LogP contribution in [0.15, 0.2) is 41.7 Å². The number of hydrogen-bond donors (Lipinski definition) is 1. The van der Waals surface area contributed by atoms with Crippen molar-refractivity contribution in [3.63, 3.8) is 0 Å². The van der Waals surface area contributed by atoms with Crippen molar-refractivity contribution in [3.8, 4) is 0 Å². The first-order chi connectivity index (χ1) is 12.3. The fourth-order valence-corrected chi connectivity index (χ4v) is 3.47. The number of halogens is 1. The average molecular weight is 468 g/mol. The van der Waals surface area contributed by atoms with Gasteiger partial charge in [-0.05, 0) is 37.7 Å². The zero-order valence-electron chi connectivity index (χ0n) is 15.6. The number of aromatic nitrogens is 3. The lowest BCUT2D eigenvalue weighted by atomic mass is 9.90. The molecule has 142 valence electrons. The van der Waals surface area contributed by atoms with Gasteiger partial charge in [-0.15, -0.1) is 34.2 Å². The summed E-state index contributed by atoms with van der Waals surface area (Å²) in [5.74, 6) is 2.67. The Bertz CT molecular complexity index is 676. The number of hydrogen-bond acceptors (Lipinski definition) is 3. The van der Waals surface area contributed by atoms with Crippen LogP contribution in [0.4, 0.5) is 0 Å². The quantitative estimate of drug-likeness (QED) is 0.417. The van der Waals surface area contributed by atoms with Crippen molar-refractivity contribution in [3.05, 3.63) is 48.0 Å². The van der Waals surface area contributed by atoms with Gasteiger partial charge in [-0.1, -0.05) is 30.3 Å². The van der Waals surface area contributed by atoms with Crippen LogP contribution in [0.5, 0.6) is 0 Å². The van der Waals surface area contributed by atoms with Crippen LogP contribution in [0.2, 0.25) is 0 Å². The largest absolute Gasteiger partial charge is 0.349 e. The Labute approximate surface area is 173 Å². The first kappa shape index (κ1) is 20.7. The van der Waals surface area contributed by atoms with E-state index in [2.05, 4.69) is 62.7 Å². The van der Waals surface area contributed by atoms with E-state index in [9.17, 15) is 0 Å². The fourth-order valence-electron chi connectivity index (χ4n) is 3.47. The van der Waals surface area contributed by atoms with Crippen LogP contribution < -0.4 is 5.32 Å². The molecule has 3 rings (SSSR count). The molecule has 1 aliphatic rings. The third kappa shape index (κ3) is 5.43. The molecular formula is C19H29IN6. The monoisotopic (exact) mass is 468 g/mol. The highest BCUT2D eigenvalue weighted by atomic mass is 127. The summed E-state index contributed by atoms with van der Waals surface area (Å²) < 4.78 is 2.05. The number of nitrogens with one attached hydrogen (secondary N) is 1. The summed E-state index contributed by atoms with van der Waals surface area (Å²) >= 11 is 0. The van der Waals surface area contributed by atoms with E-state index in [4.69, 9.17) is 0 Å². The van der Waals surface area contributed by atoms with Gasteiger partial charge in [-0.2, -0.15) is 0 Å². The first-order valence-electron chi connectivity index (χ1n) is 9.16. The molecule has 0 unspecified atom stereocenters. The molecule has 1 aromatic carbocycles. The van der Waals surface area contributed by atoms with Crippen LogP contribution in [0.3, 0.4) is 0 Å². The van der Waals surface area contributed by atoms with E-state index >= 15 is 0 Å². The number of likely N-dealkylation sites (tertiary alicyclic amines) is 1. The van der Waals surface area contributed by atoms with Crippen molar-refractivity contribution in [1.29, 1.82) is 0 Å². The number of nitrogens with zero attached hydrogens (tertiary/aromatic N) is 5. The summed E-state index contributed by atoms with van der Waals surface area (Å²) in [6.45, 7) is 5.74. The van der Waals surface area contributed by atoms with Gasteiger partial charge < -0.3 is 14.8 Å². The van der Waals surface area contributed by atoms with E-state index in [0.717, 1.165) is 37.3 Å².